The number of amidine groups is 1. The van der Waals surface area contributed by atoms with Crippen molar-refractivity contribution in [1.82, 2.24) is 0 Å². The molecule has 1 amide bonds. The van der Waals surface area contributed by atoms with Crippen molar-refractivity contribution in [3.05, 3.63) is 33.4 Å². The number of aliphatic imine (C=N–C) groups is 2. The van der Waals surface area contributed by atoms with E-state index in [0.29, 0.717) is 17.7 Å². The molecule has 3 aliphatic rings. The van der Waals surface area contributed by atoms with Crippen molar-refractivity contribution >= 4 is 17.5 Å². The molecule has 0 radical (unpaired) electrons. The van der Waals surface area contributed by atoms with E-state index in [1.54, 1.807) is 6.92 Å². The summed E-state index contributed by atoms with van der Waals surface area (Å²) in [7, 11) is 0. The molecule has 0 bridgehead atoms. The minimum atomic E-state index is -0.110. The first-order valence-electron chi connectivity index (χ1n) is 8.04. The molecule has 0 saturated heterocycles. The molecule has 0 aromatic carbocycles. The monoisotopic (exact) mass is 296 g/mol. The molecule has 0 fully saturated rings. The van der Waals surface area contributed by atoms with E-state index in [9.17, 15) is 4.79 Å². The Bertz CT molecular complexity index is 743. The predicted molar refractivity (Wildman–Crippen MR) is 91.1 cm³/mol. The third kappa shape index (κ3) is 1.84. The highest BCUT2D eigenvalue weighted by molar-refractivity contribution is 6.30. The number of rotatable bonds is 0. The van der Waals surface area contributed by atoms with Crippen LogP contribution in [0.3, 0.4) is 0 Å². The van der Waals surface area contributed by atoms with E-state index in [4.69, 9.17) is 0 Å². The van der Waals surface area contributed by atoms with Crippen molar-refractivity contribution in [3.63, 3.8) is 0 Å². The number of nitrogens with zero attached hydrogens (tertiary/aromatic N) is 2. The molecule has 3 rings (SSSR count). The summed E-state index contributed by atoms with van der Waals surface area (Å²) in [5, 5.41) is 0. The Kier molecular flexibility index (Phi) is 3.35. The summed E-state index contributed by atoms with van der Waals surface area (Å²) in [4.78, 5) is 21.4. The third-order valence-corrected chi connectivity index (χ3v) is 5.93. The van der Waals surface area contributed by atoms with Crippen LogP contribution in [0.1, 0.15) is 48.5 Å². The van der Waals surface area contributed by atoms with Crippen LogP contribution in [0.4, 0.5) is 0 Å². The summed E-state index contributed by atoms with van der Waals surface area (Å²) in [6, 6.07) is 0. The molecule has 0 N–H and O–H groups in total. The van der Waals surface area contributed by atoms with E-state index in [-0.39, 0.29) is 11.8 Å². The largest absolute Gasteiger partial charge is 0.280 e. The zero-order valence-corrected chi connectivity index (χ0v) is 14.5. The van der Waals surface area contributed by atoms with E-state index in [0.717, 1.165) is 11.3 Å². The maximum atomic E-state index is 12.6. The van der Waals surface area contributed by atoms with Gasteiger partial charge in [-0.2, -0.15) is 4.99 Å². The highest BCUT2D eigenvalue weighted by atomic mass is 16.1. The average Bonchev–Trinajstić information content (AvgIpc) is 2.46. The van der Waals surface area contributed by atoms with Crippen LogP contribution in [0.15, 0.2) is 43.4 Å². The summed E-state index contributed by atoms with van der Waals surface area (Å²) in [5.41, 5.74) is 8.17. The van der Waals surface area contributed by atoms with Gasteiger partial charge in [-0.05, 0) is 62.8 Å². The number of carbonyl (C=O) groups is 1. The minimum absolute atomic E-state index is 0.110. The second kappa shape index (κ2) is 4.87. The fraction of sp³-hybridized carbons (Fsp3) is 0.526. The minimum Gasteiger partial charge on any atom is -0.267 e. The Balaban J connectivity index is 2.37. The molecular weight excluding hydrogens is 272 g/mol. The molecule has 1 heterocycles. The van der Waals surface area contributed by atoms with E-state index in [1.165, 1.54) is 27.9 Å². The van der Waals surface area contributed by atoms with E-state index in [2.05, 4.69) is 51.5 Å². The lowest BCUT2D eigenvalue weighted by Gasteiger charge is -2.43. The van der Waals surface area contributed by atoms with Gasteiger partial charge in [0.2, 0.25) is 0 Å². The van der Waals surface area contributed by atoms with Crippen molar-refractivity contribution in [2.75, 3.05) is 0 Å². The van der Waals surface area contributed by atoms with Gasteiger partial charge in [-0.15, -0.1) is 0 Å². The summed E-state index contributed by atoms with van der Waals surface area (Å²) in [6.07, 6.45) is 0. The number of hydrogen-bond donors (Lipinski definition) is 0. The zero-order valence-electron chi connectivity index (χ0n) is 14.5. The molecule has 0 saturated carbocycles. The van der Waals surface area contributed by atoms with Crippen LogP contribution in [0.2, 0.25) is 0 Å². The molecule has 1 aliphatic heterocycles. The Morgan fingerprint density at radius 2 is 1.50 bits per heavy atom. The predicted octanol–water partition coefficient (Wildman–Crippen LogP) is 4.27. The van der Waals surface area contributed by atoms with Crippen LogP contribution >= 0.6 is 0 Å². The van der Waals surface area contributed by atoms with E-state index < -0.39 is 0 Å². The van der Waals surface area contributed by atoms with Gasteiger partial charge in [-0.25, -0.2) is 4.99 Å². The van der Waals surface area contributed by atoms with Gasteiger partial charge in [0.25, 0.3) is 5.91 Å². The molecule has 3 unspecified atom stereocenters. The number of allylic oxidation sites excluding steroid dienone is 5. The normalized spacial score (nSPS) is 32.0. The quantitative estimate of drug-likeness (QED) is 0.658. The smallest absolute Gasteiger partial charge is 0.267 e. The number of hydrogen-bond acceptors (Lipinski definition) is 2. The van der Waals surface area contributed by atoms with Gasteiger partial charge in [0.05, 0.1) is 11.3 Å². The lowest BCUT2D eigenvalue weighted by atomic mass is 9.61. The second-order valence-corrected chi connectivity index (χ2v) is 6.93. The Morgan fingerprint density at radius 3 is 2.14 bits per heavy atom. The summed E-state index contributed by atoms with van der Waals surface area (Å²) in [5.74, 6) is 1.49. The lowest BCUT2D eigenvalue weighted by Crippen LogP contribution is -2.40. The van der Waals surface area contributed by atoms with Crippen molar-refractivity contribution in [2.24, 2.45) is 27.7 Å². The molecule has 3 atom stereocenters. The van der Waals surface area contributed by atoms with Gasteiger partial charge < -0.3 is 0 Å². The van der Waals surface area contributed by atoms with Crippen LogP contribution in [0, 0.1) is 17.8 Å². The van der Waals surface area contributed by atoms with Crippen molar-refractivity contribution in [2.45, 2.75) is 48.5 Å². The van der Waals surface area contributed by atoms with Gasteiger partial charge >= 0.3 is 0 Å². The van der Waals surface area contributed by atoms with Gasteiger partial charge in [-0.3, -0.25) is 4.79 Å². The zero-order chi connectivity index (χ0) is 16.3. The Morgan fingerprint density at radius 1 is 0.864 bits per heavy atom. The third-order valence-electron chi connectivity index (χ3n) is 5.93. The van der Waals surface area contributed by atoms with Crippen LogP contribution in [-0.4, -0.2) is 17.5 Å². The van der Waals surface area contributed by atoms with Crippen LogP contribution < -0.4 is 0 Å². The molecule has 0 aromatic rings. The SMILES string of the molecule is CC1=NC(=O)C2=C3C(C)=C(C)C(C)=C(C)C3C(C)C(C)C2=N1. The average molecular weight is 296 g/mol. The van der Waals surface area contributed by atoms with Crippen LogP contribution in [0.25, 0.3) is 0 Å². The lowest BCUT2D eigenvalue weighted by molar-refractivity contribution is -0.114. The summed E-state index contributed by atoms with van der Waals surface area (Å²) < 4.78 is 0. The standard InChI is InChI=1S/C19H24N2O/c1-8-9(2)11(4)16-15(10(8)3)12(5)13(6)18-17(16)19(22)21-14(7)20-18/h12-13,15H,1-7H3. The molecule has 3 nitrogen and oxygen atoms in total. The van der Waals surface area contributed by atoms with E-state index >= 15 is 0 Å². The summed E-state index contributed by atoms with van der Waals surface area (Å²) in [6.45, 7) is 15.0. The van der Waals surface area contributed by atoms with Crippen LogP contribution in [0.5, 0.6) is 0 Å². The van der Waals surface area contributed by atoms with Crippen molar-refractivity contribution in [1.29, 1.82) is 0 Å². The first-order valence-corrected chi connectivity index (χ1v) is 8.04. The van der Waals surface area contributed by atoms with Gasteiger partial charge in [-0.1, -0.05) is 19.4 Å². The summed E-state index contributed by atoms with van der Waals surface area (Å²) >= 11 is 0. The van der Waals surface area contributed by atoms with Gasteiger partial charge in [0.1, 0.15) is 5.84 Å². The Hall–Kier alpha value is -1.77. The molecule has 0 spiro atoms. The first-order chi connectivity index (χ1) is 10.3. The van der Waals surface area contributed by atoms with Gasteiger partial charge in [0.15, 0.2) is 0 Å². The number of carbonyl (C=O) groups excluding carboxylic acids is 1. The van der Waals surface area contributed by atoms with Gasteiger partial charge in [0, 0.05) is 11.8 Å². The fourth-order valence-corrected chi connectivity index (χ4v) is 4.15. The highest BCUT2D eigenvalue weighted by Crippen LogP contribution is 2.49. The molecule has 0 aromatic heterocycles. The van der Waals surface area contributed by atoms with Crippen molar-refractivity contribution in [3.8, 4) is 0 Å². The topological polar surface area (TPSA) is 41.8 Å². The van der Waals surface area contributed by atoms with Crippen LogP contribution in [-0.2, 0) is 4.79 Å². The second-order valence-electron chi connectivity index (χ2n) is 6.93. The fourth-order valence-electron chi connectivity index (χ4n) is 4.15. The highest BCUT2D eigenvalue weighted by Gasteiger charge is 2.44. The number of fused-ring (bicyclic) bond motifs is 2. The van der Waals surface area contributed by atoms with Crippen molar-refractivity contribution < 1.29 is 4.79 Å². The maximum absolute atomic E-state index is 12.6. The molecule has 116 valence electrons. The molecular formula is C19H24N2O. The molecule has 3 heteroatoms. The number of amides is 1. The first kappa shape index (κ1) is 15.1. The maximum Gasteiger partial charge on any atom is 0.280 e. The molecule has 2 aliphatic carbocycles. The molecule has 22 heavy (non-hydrogen) atoms. The van der Waals surface area contributed by atoms with E-state index in [1.807, 2.05) is 0 Å². The Labute approximate surface area is 132 Å².